The molecule has 1 aromatic heterocycles. The van der Waals surface area contributed by atoms with Crippen molar-refractivity contribution in [3.05, 3.63) is 71.8 Å². The monoisotopic (exact) mass is 416 g/mol. The van der Waals surface area contributed by atoms with E-state index in [0.717, 1.165) is 12.1 Å². The molecule has 0 atom stereocenters. The topological polar surface area (TPSA) is 101 Å². The van der Waals surface area contributed by atoms with Gasteiger partial charge in [-0.15, -0.1) is 18.3 Å². The first-order chi connectivity index (χ1) is 14.2. The fraction of sp³-hybridized carbons (Fsp3) is 0.105. The number of nitrogens with zero attached hydrogens (tertiary/aromatic N) is 5. The molecule has 0 radical (unpaired) electrons. The maximum absolute atomic E-state index is 12.4. The minimum absolute atomic E-state index is 0.00625. The number of halogens is 3. The molecule has 0 aliphatic carbocycles. The van der Waals surface area contributed by atoms with E-state index in [1.54, 1.807) is 12.1 Å². The standard InChI is InChI=1S/C19H13F3N5O3/c1-23-25-18(29)13-4-2-12(3-5-13)10-16(28)17-24-11-27(26-17)14-6-8-15(9-7-14)30-19(20,21)22/h2-9,11H,1,10H2/q+1. The third kappa shape index (κ3) is 5.24. The van der Waals surface area contributed by atoms with Crippen LogP contribution in [0.2, 0.25) is 0 Å². The second-order valence-electron chi connectivity index (χ2n) is 5.90. The summed E-state index contributed by atoms with van der Waals surface area (Å²) in [5.74, 6) is -1.35. The number of alkyl halides is 3. The summed E-state index contributed by atoms with van der Waals surface area (Å²) >= 11 is 0. The first-order valence-corrected chi connectivity index (χ1v) is 8.36. The van der Waals surface area contributed by atoms with Crippen molar-refractivity contribution in [1.29, 1.82) is 0 Å². The van der Waals surface area contributed by atoms with Crippen LogP contribution in [0, 0.1) is 0 Å². The number of hydrogen-bond acceptors (Lipinski definition) is 5. The normalized spacial score (nSPS) is 10.9. The number of ketones is 1. The van der Waals surface area contributed by atoms with Crippen LogP contribution in [0.1, 0.15) is 26.5 Å². The van der Waals surface area contributed by atoms with E-state index in [9.17, 15) is 22.8 Å². The van der Waals surface area contributed by atoms with Crippen LogP contribution in [0.15, 0.2) is 60.0 Å². The van der Waals surface area contributed by atoms with Crippen molar-refractivity contribution in [2.45, 2.75) is 12.8 Å². The lowest BCUT2D eigenvalue weighted by Crippen LogP contribution is -2.17. The van der Waals surface area contributed by atoms with Crippen molar-refractivity contribution < 1.29 is 32.3 Å². The van der Waals surface area contributed by atoms with E-state index in [1.807, 2.05) is 0 Å². The molecule has 1 amide bonds. The van der Waals surface area contributed by atoms with Crippen molar-refractivity contribution in [1.82, 2.24) is 14.8 Å². The maximum Gasteiger partial charge on any atom is 0.573 e. The van der Waals surface area contributed by atoms with Gasteiger partial charge in [-0.1, -0.05) is 12.1 Å². The van der Waals surface area contributed by atoms with Crippen molar-refractivity contribution in [2.24, 2.45) is 5.11 Å². The number of Topliss-reactive ketones (excluding diaryl/α,β-unsaturated/α-hetero) is 1. The van der Waals surface area contributed by atoms with Gasteiger partial charge in [-0.05, 0) is 42.0 Å². The SMILES string of the molecule is C=[N+]=NC(=O)c1ccc(CC(=O)c2ncn(-c3ccc(OC(F)(F)F)cc3)n2)cc1. The Hall–Kier alpha value is -4.11. The van der Waals surface area contributed by atoms with E-state index in [1.165, 1.54) is 35.3 Å². The van der Waals surface area contributed by atoms with Gasteiger partial charge in [-0.25, -0.2) is 9.67 Å². The fourth-order valence-electron chi connectivity index (χ4n) is 2.47. The molecule has 3 aromatic rings. The van der Waals surface area contributed by atoms with Crippen LogP contribution >= 0.6 is 0 Å². The summed E-state index contributed by atoms with van der Waals surface area (Å²) in [4.78, 5) is 31.1. The summed E-state index contributed by atoms with van der Waals surface area (Å²) < 4.78 is 41.7. The molecule has 0 fully saturated rings. The molecule has 0 unspecified atom stereocenters. The average molecular weight is 416 g/mol. The summed E-state index contributed by atoms with van der Waals surface area (Å²) in [5, 5.41) is 7.36. The minimum atomic E-state index is -4.78. The number of amides is 1. The molecule has 0 spiro atoms. The number of aromatic nitrogens is 3. The summed E-state index contributed by atoms with van der Waals surface area (Å²) in [6.45, 7) is 3.11. The minimum Gasteiger partial charge on any atom is -0.406 e. The predicted molar refractivity (Wildman–Crippen MR) is 96.7 cm³/mol. The van der Waals surface area contributed by atoms with Gasteiger partial charge in [0.05, 0.1) is 10.5 Å². The van der Waals surface area contributed by atoms with Crippen LogP contribution in [-0.4, -0.2) is 44.3 Å². The zero-order valence-electron chi connectivity index (χ0n) is 15.2. The highest BCUT2D eigenvalue weighted by Crippen LogP contribution is 2.23. The van der Waals surface area contributed by atoms with Gasteiger partial charge >= 0.3 is 12.3 Å². The molecule has 0 aliphatic rings. The Bertz CT molecular complexity index is 1120. The molecule has 8 nitrogen and oxygen atoms in total. The van der Waals surface area contributed by atoms with E-state index in [-0.39, 0.29) is 23.8 Å². The summed E-state index contributed by atoms with van der Waals surface area (Å²) in [7, 11) is 0. The zero-order valence-corrected chi connectivity index (χ0v) is 15.2. The molecule has 0 saturated heterocycles. The molecule has 152 valence electrons. The van der Waals surface area contributed by atoms with Gasteiger partial charge in [-0.3, -0.25) is 9.59 Å². The molecule has 0 aliphatic heterocycles. The van der Waals surface area contributed by atoms with E-state index in [0.29, 0.717) is 16.8 Å². The maximum atomic E-state index is 12.4. The van der Waals surface area contributed by atoms with Crippen molar-refractivity contribution in [3.63, 3.8) is 0 Å². The van der Waals surface area contributed by atoms with Crippen LogP contribution < -0.4 is 4.74 Å². The average Bonchev–Trinajstić information content (AvgIpc) is 3.18. The second kappa shape index (κ2) is 8.50. The first kappa shape index (κ1) is 20.6. The van der Waals surface area contributed by atoms with Gasteiger partial charge in [0.25, 0.3) is 6.72 Å². The molecule has 0 bridgehead atoms. The van der Waals surface area contributed by atoms with Crippen molar-refractivity contribution in [2.75, 3.05) is 0 Å². The lowest BCUT2D eigenvalue weighted by atomic mass is 10.1. The molecule has 0 saturated carbocycles. The Morgan fingerprint density at radius 1 is 1.10 bits per heavy atom. The third-order valence-electron chi connectivity index (χ3n) is 3.80. The summed E-state index contributed by atoms with van der Waals surface area (Å²) in [6, 6.07) is 11.2. The predicted octanol–water partition coefficient (Wildman–Crippen LogP) is 3.09. The van der Waals surface area contributed by atoms with Gasteiger partial charge in [0.1, 0.15) is 12.1 Å². The number of carbonyl (C=O) groups excluding carboxylic acids is 2. The smallest absolute Gasteiger partial charge is 0.406 e. The Balaban J connectivity index is 1.67. The lowest BCUT2D eigenvalue weighted by molar-refractivity contribution is -0.274. The van der Waals surface area contributed by atoms with Gasteiger partial charge in [0.2, 0.25) is 11.6 Å². The molecular weight excluding hydrogens is 403 g/mol. The number of rotatable bonds is 6. The quantitative estimate of drug-likeness (QED) is 0.266. The molecule has 3 rings (SSSR count). The van der Waals surface area contributed by atoms with Crippen LogP contribution in [0.5, 0.6) is 5.75 Å². The largest absolute Gasteiger partial charge is 0.573 e. The number of hydrogen-bond donors (Lipinski definition) is 0. The van der Waals surface area contributed by atoms with Crippen LogP contribution in [0.25, 0.3) is 5.69 Å². The molecular formula is C19H13F3N5O3+. The number of ether oxygens (including phenoxy) is 1. The van der Waals surface area contributed by atoms with E-state index in [2.05, 4.69) is 31.4 Å². The highest BCUT2D eigenvalue weighted by Gasteiger charge is 2.31. The summed E-state index contributed by atoms with van der Waals surface area (Å²) in [5.41, 5.74) is 1.34. The van der Waals surface area contributed by atoms with Crippen LogP contribution in [0.4, 0.5) is 13.2 Å². The van der Waals surface area contributed by atoms with Gasteiger partial charge in [0, 0.05) is 12.0 Å². The van der Waals surface area contributed by atoms with Gasteiger partial charge in [0.15, 0.2) is 5.11 Å². The number of carbonyl (C=O) groups is 2. The first-order valence-electron chi connectivity index (χ1n) is 8.36. The Labute approximate surface area is 167 Å². The van der Waals surface area contributed by atoms with Gasteiger partial charge in [-0.2, -0.15) is 0 Å². The highest BCUT2D eigenvalue weighted by atomic mass is 19.4. The van der Waals surface area contributed by atoms with E-state index in [4.69, 9.17) is 0 Å². The highest BCUT2D eigenvalue weighted by molar-refractivity contribution is 5.95. The van der Waals surface area contributed by atoms with E-state index >= 15 is 0 Å². The second-order valence-corrected chi connectivity index (χ2v) is 5.90. The number of benzene rings is 2. The molecule has 1 heterocycles. The molecule has 30 heavy (non-hydrogen) atoms. The van der Waals surface area contributed by atoms with Crippen molar-refractivity contribution in [3.8, 4) is 11.4 Å². The Morgan fingerprint density at radius 3 is 2.37 bits per heavy atom. The Morgan fingerprint density at radius 2 is 1.77 bits per heavy atom. The van der Waals surface area contributed by atoms with Crippen LogP contribution in [-0.2, 0) is 6.42 Å². The van der Waals surface area contributed by atoms with E-state index < -0.39 is 12.3 Å². The molecule has 2 aromatic carbocycles. The lowest BCUT2D eigenvalue weighted by Gasteiger charge is -2.09. The van der Waals surface area contributed by atoms with Crippen LogP contribution in [0.3, 0.4) is 0 Å². The fourth-order valence-corrected chi connectivity index (χ4v) is 2.47. The Kier molecular flexibility index (Phi) is 5.84. The summed E-state index contributed by atoms with van der Waals surface area (Å²) in [6.07, 6.45) is -3.51. The van der Waals surface area contributed by atoms with Gasteiger partial charge < -0.3 is 4.74 Å². The molecule has 11 heteroatoms. The molecule has 0 N–H and O–H groups in total. The zero-order chi connectivity index (χ0) is 21.7. The van der Waals surface area contributed by atoms with Crippen molar-refractivity contribution >= 4 is 18.4 Å². The third-order valence-corrected chi connectivity index (χ3v) is 3.80.